The molecule has 0 atom stereocenters. The zero-order valence-electron chi connectivity index (χ0n) is 15.2. The van der Waals surface area contributed by atoms with Gasteiger partial charge in [-0.1, -0.05) is 29.8 Å². The monoisotopic (exact) mass is 394 g/mol. The SMILES string of the molecule is COc1cc(NC(=O)CN(Cc2ccccc2F)C(C)=O)c(OC)cc1Cl. The van der Waals surface area contributed by atoms with Crippen molar-refractivity contribution in [2.45, 2.75) is 13.5 Å². The third-order valence-corrected chi connectivity index (χ3v) is 4.14. The Balaban J connectivity index is 2.15. The third kappa shape index (κ3) is 5.34. The summed E-state index contributed by atoms with van der Waals surface area (Å²) in [6, 6.07) is 9.13. The number of benzene rings is 2. The van der Waals surface area contributed by atoms with Crippen molar-refractivity contribution in [1.29, 1.82) is 0 Å². The van der Waals surface area contributed by atoms with E-state index in [0.29, 0.717) is 27.8 Å². The highest BCUT2D eigenvalue weighted by Gasteiger charge is 2.18. The molecule has 1 N–H and O–H groups in total. The lowest BCUT2D eigenvalue weighted by Crippen LogP contribution is -2.36. The van der Waals surface area contributed by atoms with Crippen molar-refractivity contribution >= 4 is 29.1 Å². The van der Waals surface area contributed by atoms with Gasteiger partial charge in [0.05, 0.1) is 24.9 Å². The molecule has 0 unspecified atom stereocenters. The zero-order chi connectivity index (χ0) is 20.0. The summed E-state index contributed by atoms with van der Waals surface area (Å²) in [5, 5.41) is 2.99. The van der Waals surface area contributed by atoms with E-state index in [0.717, 1.165) is 0 Å². The lowest BCUT2D eigenvalue weighted by molar-refractivity contribution is -0.133. The molecule has 0 fully saturated rings. The van der Waals surface area contributed by atoms with Crippen molar-refractivity contribution < 1.29 is 23.5 Å². The van der Waals surface area contributed by atoms with Crippen LogP contribution in [0.4, 0.5) is 10.1 Å². The Labute approximate surface area is 161 Å². The van der Waals surface area contributed by atoms with E-state index in [9.17, 15) is 14.0 Å². The number of anilines is 1. The van der Waals surface area contributed by atoms with E-state index >= 15 is 0 Å². The summed E-state index contributed by atoms with van der Waals surface area (Å²) in [5.74, 6) is -0.549. The Kier molecular flexibility index (Phi) is 7.01. The number of carbonyl (C=O) groups is 2. The summed E-state index contributed by atoms with van der Waals surface area (Å²) >= 11 is 6.04. The van der Waals surface area contributed by atoms with Crippen LogP contribution in [0.2, 0.25) is 5.02 Å². The van der Waals surface area contributed by atoms with Gasteiger partial charge in [-0.15, -0.1) is 0 Å². The molecule has 2 rings (SSSR count). The highest BCUT2D eigenvalue weighted by atomic mass is 35.5. The van der Waals surface area contributed by atoms with Crippen molar-refractivity contribution in [2.24, 2.45) is 0 Å². The van der Waals surface area contributed by atoms with E-state index in [2.05, 4.69) is 5.32 Å². The van der Waals surface area contributed by atoms with Crippen LogP contribution in [0.25, 0.3) is 0 Å². The summed E-state index contributed by atoms with van der Waals surface area (Å²) in [5.41, 5.74) is 0.671. The molecule has 6 nitrogen and oxygen atoms in total. The fourth-order valence-electron chi connectivity index (χ4n) is 2.43. The van der Waals surface area contributed by atoms with Crippen LogP contribution >= 0.6 is 11.6 Å². The van der Waals surface area contributed by atoms with Crippen LogP contribution in [-0.2, 0) is 16.1 Å². The Hall–Kier alpha value is -2.80. The molecule has 8 heteroatoms. The van der Waals surface area contributed by atoms with Gasteiger partial charge in [0.1, 0.15) is 23.9 Å². The normalized spacial score (nSPS) is 10.3. The first-order valence-corrected chi connectivity index (χ1v) is 8.43. The number of carbonyl (C=O) groups excluding carboxylic acids is 2. The van der Waals surface area contributed by atoms with Crippen LogP contribution in [0.1, 0.15) is 12.5 Å². The van der Waals surface area contributed by atoms with Gasteiger partial charge in [-0.25, -0.2) is 4.39 Å². The van der Waals surface area contributed by atoms with Crippen molar-refractivity contribution in [2.75, 3.05) is 26.1 Å². The predicted molar refractivity (Wildman–Crippen MR) is 101 cm³/mol. The highest BCUT2D eigenvalue weighted by Crippen LogP contribution is 2.35. The van der Waals surface area contributed by atoms with Crippen LogP contribution < -0.4 is 14.8 Å². The fourth-order valence-corrected chi connectivity index (χ4v) is 2.66. The number of nitrogens with one attached hydrogen (secondary N) is 1. The summed E-state index contributed by atoms with van der Waals surface area (Å²) in [4.78, 5) is 25.5. The number of amides is 2. The minimum absolute atomic E-state index is 0.0174. The van der Waals surface area contributed by atoms with Gasteiger partial charge in [0.15, 0.2) is 0 Å². The molecule has 0 heterocycles. The fraction of sp³-hybridized carbons (Fsp3) is 0.263. The molecule has 0 saturated heterocycles. The smallest absolute Gasteiger partial charge is 0.244 e. The van der Waals surface area contributed by atoms with Crippen LogP contribution in [0.5, 0.6) is 11.5 Å². The molecular formula is C19H20ClFN2O4. The van der Waals surface area contributed by atoms with Crippen molar-refractivity contribution in [3.05, 3.63) is 52.8 Å². The van der Waals surface area contributed by atoms with E-state index in [1.807, 2.05) is 0 Å². The molecule has 0 aliphatic rings. The third-order valence-electron chi connectivity index (χ3n) is 3.85. The largest absolute Gasteiger partial charge is 0.495 e. The van der Waals surface area contributed by atoms with Crippen molar-refractivity contribution in [3.8, 4) is 11.5 Å². The molecule has 0 spiro atoms. The highest BCUT2D eigenvalue weighted by molar-refractivity contribution is 6.32. The second-order valence-corrected chi connectivity index (χ2v) is 6.11. The van der Waals surface area contributed by atoms with Gasteiger partial charge in [0, 0.05) is 31.2 Å². The number of rotatable bonds is 7. The van der Waals surface area contributed by atoms with E-state index in [4.69, 9.17) is 21.1 Å². The summed E-state index contributed by atoms with van der Waals surface area (Å²) in [6.45, 7) is 1.05. The van der Waals surface area contributed by atoms with Crippen LogP contribution in [0.3, 0.4) is 0 Å². The average Bonchev–Trinajstić information content (AvgIpc) is 2.63. The van der Waals surface area contributed by atoms with Crippen LogP contribution in [0, 0.1) is 5.82 Å². The Morgan fingerprint density at radius 1 is 1.15 bits per heavy atom. The van der Waals surface area contributed by atoms with E-state index in [1.54, 1.807) is 18.2 Å². The maximum Gasteiger partial charge on any atom is 0.244 e. The molecule has 144 valence electrons. The first-order chi connectivity index (χ1) is 12.8. The lowest BCUT2D eigenvalue weighted by Gasteiger charge is -2.21. The van der Waals surface area contributed by atoms with Crippen LogP contribution in [0.15, 0.2) is 36.4 Å². The van der Waals surface area contributed by atoms with Gasteiger partial charge >= 0.3 is 0 Å². The van der Waals surface area contributed by atoms with Gasteiger partial charge in [-0.05, 0) is 6.07 Å². The maximum atomic E-state index is 13.8. The average molecular weight is 395 g/mol. The minimum atomic E-state index is -0.468. The molecular weight excluding hydrogens is 375 g/mol. The summed E-state index contributed by atoms with van der Waals surface area (Å²) in [6.07, 6.45) is 0. The summed E-state index contributed by atoms with van der Waals surface area (Å²) in [7, 11) is 2.89. The Morgan fingerprint density at radius 3 is 2.41 bits per heavy atom. The number of ether oxygens (including phenoxy) is 2. The molecule has 2 amide bonds. The molecule has 0 radical (unpaired) electrons. The Morgan fingerprint density at radius 2 is 1.81 bits per heavy atom. The van der Waals surface area contributed by atoms with Gasteiger partial charge < -0.3 is 19.7 Å². The quantitative estimate of drug-likeness (QED) is 0.780. The van der Waals surface area contributed by atoms with Crippen molar-refractivity contribution in [3.63, 3.8) is 0 Å². The number of hydrogen-bond acceptors (Lipinski definition) is 4. The van der Waals surface area contributed by atoms with E-state index in [1.165, 1.54) is 44.2 Å². The van der Waals surface area contributed by atoms with Crippen LogP contribution in [-0.4, -0.2) is 37.5 Å². The minimum Gasteiger partial charge on any atom is -0.495 e. The molecule has 0 aliphatic heterocycles. The van der Waals surface area contributed by atoms with Gasteiger partial charge in [0.2, 0.25) is 11.8 Å². The lowest BCUT2D eigenvalue weighted by atomic mass is 10.2. The standard InChI is InChI=1S/C19H20ClFN2O4/c1-12(24)23(10-13-6-4-5-7-15(13)21)11-19(25)22-16-9-17(26-2)14(20)8-18(16)27-3/h4-9H,10-11H2,1-3H3,(H,22,25). The molecule has 2 aromatic carbocycles. The second kappa shape index (κ2) is 9.23. The second-order valence-electron chi connectivity index (χ2n) is 5.70. The predicted octanol–water partition coefficient (Wildman–Crippen LogP) is 3.48. The molecule has 0 aliphatic carbocycles. The first kappa shape index (κ1) is 20.5. The Bertz CT molecular complexity index is 844. The van der Waals surface area contributed by atoms with Gasteiger partial charge in [-0.2, -0.15) is 0 Å². The number of hydrogen-bond donors (Lipinski definition) is 1. The molecule has 0 saturated carbocycles. The molecule has 0 aromatic heterocycles. The maximum absolute atomic E-state index is 13.8. The van der Waals surface area contributed by atoms with E-state index in [-0.39, 0.29) is 19.0 Å². The van der Waals surface area contributed by atoms with Gasteiger partial charge in [-0.3, -0.25) is 9.59 Å². The van der Waals surface area contributed by atoms with Crippen molar-refractivity contribution in [1.82, 2.24) is 4.90 Å². The molecule has 0 bridgehead atoms. The summed E-state index contributed by atoms with van der Waals surface area (Å²) < 4.78 is 24.2. The molecule has 27 heavy (non-hydrogen) atoms. The zero-order valence-corrected chi connectivity index (χ0v) is 16.0. The van der Waals surface area contributed by atoms with Gasteiger partial charge in [0.25, 0.3) is 0 Å². The number of halogens is 2. The number of nitrogens with zero attached hydrogens (tertiary/aromatic N) is 1. The molecule has 2 aromatic rings. The van der Waals surface area contributed by atoms with E-state index < -0.39 is 11.7 Å². The first-order valence-electron chi connectivity index (χ1n) is 8.06. The number of methoxy groups -OCH3 is 2. The topological polar surface area (TPSA) is 67.9 Å².